The van der Waals surface area contributed by atoms with Gasteiger partial charge in [-0.15, -0.1) is 0 Å². The monoisotopic (exact) mass is 224 g/mol. The number of hydrogen-bond acceptors (Lipinski definition) is 3. The molecule has 0 atom stereocenters. The first-order valence-electron chi connectivity index (χ1n) is 4.39. The Bertz CT molecular complexity index is 572. The summed E-state index contributed by atoms with van der Waals surface area (Å²) in [6.45, 7) is 1.69. The minimum absolute atomic E-state index is 0.0861. The fourth-order valence-corrected chi connectivity index (χ4v) is 1.63. The molecule has 0 saturated heterocycles. The summed E-state index contributed by atoms with van der Waals surface area (Å²) in [6.07, 6.45) is 1.42. The smallest absolute Gasteiger partial charge is 0.195 e. The maximum atomic E-state index is 11.8. The highest BCUT2D eigenvalue weighted by atomic mass is 35.5. The molecular formula is C11H9ClO3. The van der Waals surface area contributed by atoms with Crippen LogP contribution in [-0.4, -0.2) is 7.11 Å². The molecule has 0 N–H and O–H groups in total. The maximum Gasteiger partial charge on any atom is 0.195 e. The molecule has 1 aromatic heterocycles. The van der Waals surface area contributed by atoms with Gasteiger partial charge in [-0.05, 0) is 13.0 Å². The Labute approximate surface area is 91.2 Å². The third-order valence-electron chi connectivity index (χ3n) is 2.20. The molecule has 0 fully saturated rings. The first-order chi connectivity index (χ1) is 7.13. The molecule has 1 aromatic carbocycles. The van der Waals surface area contributed by atoms with E-state index in [1.165, 1.54) is 13.4 Å². The number of rotatable bonds is 1. The molecule has 78 valence electrons. The molecule has 0 bridgehead atoms. The molecule has 0 radical (unpaired) electrons. The lowest BCUT2D eigenvalue weighted by atomic mass is 10.2. The van der Waals surface area contributed by atoms with E-state index in [2.05, 4.69) is 0 Å². The third kappa shape index (κ3) is 1.59. The summed E-state index contributed by atoms with van der Waals surface area (Å²) < 4.78 is 10.4. The van der Waals surface area contributed by atoms with Crippen LogP contribution in [-0.2, 0) is 0 Å². The van der Waals surface area contributed by atoms with Crippen LogP contribution in [0.15, 0.2) is 27.6 Å². The van der Waals surface area contributed by atoms with Crippen molar-refractivity contribution < 1.29 is 9.15 Å². The molecule has 0 saturated carbocycles. The summed E-state index contributed by atoms with van der Waals surface area (Å²) in [5, 5.41) is 0.900. The number of fused-ring (bicyclic) bond motifs is 1. The van der Waals surface area contributed by atoms with Crippen LogP contribution in [0.2, 0.25) is 5.02 Å². The van der Waals surface area contributed by atoms with Gasteiger partial charge in [0.15, 0.2) is 16.8 Å². The maximum absolute atomic E-state index is 11.8. The van der Waals surface area contributed by atoms with Gasteiger partial charge in [-0.25, -0.2) is 0 Å². The largest absolute Gasteiger partial charge is 0.493 e. The Morgan fingerprint density at radius 1 is 1.40 bits per heavy atom. The van der Waals surface area contributed by atoms with Crippen LogP contribution in [0.4, 0.5) is 0 Å². The highest BCUT2D eigenvalue weighted by Gasteiger charge is 2.10. The summed E-state index contributed by atoms with van der Waals surface area (Å²) >= 11 is 5.87. The quantitative estimate of drug-likeness (QED) is 0.748. The van der Waals surface area contributed by atoms with E-state index < -0.39 is 0 Å². The van der Waals surface area contributed by atoms with Crippen molar-refractivity contribution in [1.82, 2.24) is 0 Å². The summed E-state index contributed by atoms with van der Waals surface area (Å²) in [7, 11) is 1.50. The van der Waals surface area contributed by atoms with Gasteiger partial charge in [-0.3, -0.25) is 4.79 Å². The number of ether oxygens (including phenoxy) is 1. The van der Waals surface area contributed by atoms with Crippen molar-refractivity contribution in [3.63, 3.8) is 0 Å². The van der Waals surface area contributed by atoms with Crippen molar-refractivity contribution in [3.8, 4) is 5.75 Å². The summed E-state index contributed by atoms with van der Waals surface area (Å²) in [6, 6.07) is 3.19. The van der Waals surface area contributed by atoms with Crippen LogP contribution in [0.25, 0.3) is 11.0 Å². The second-order valence-corrected chi connectivity index (χ2v) is 3.67. The highest BCUT2D eigenvalue weighted by molar-refractivity contribution is 6.31. The van der Waals surface area contributed by atoms with Gasteiger partial charge in [-0.1, -0.05) is 11.6 Å². The molecule has 0 spiro atoms. The summed E-state index contributed by atoms with van der Waals surface area (Å²) in [5.74, 6) is 0.467. The minimum atomic E-state index is -0.0861. The van der Waals surface area contributed by atoms with E-state index in [9.17, 15) is 4.79 Å². The molecule has 3 nitrogen and oxygen atoms in total. The summed E-state index contributed by atoms with van der Waals surface area (Å²) in [5.41, 5.74) is 0.890. The predicted octanol–water partition coefficient (Wildman–Crippen LogP) is 2.76. The zero-order valence-electron chi connectivity index (χ0n) is 8.33. The molecule has 15 heavy (non-hydrogen) atoms. The van der Waals surface area contributed by atoms with Gasteiger partial charge in [0.25, 0.3) is 0 Å². The van der Waals surface area contributed by atoms with Crippen molar-refractivity contribution in [2.24, 2.45) is 0 Å². The number of aryl methyl sites for hydroxylation is 1. The van der Waals surface area contributed by atoms with E-state index in [0.29, 0.717) is 27.3 Å². The molecule has 1 heterocycles. The average Bonchev–Trinajstić information content (AvgIpc) is 2.23. The van der Waals surface area contributed by atoms with E-state index in [1.54, 1.807) is 19.1 Å². The standard InChI is InChI=1S/C11H9ClO3/c1-6-5-15-11-8(10(6)13)3-7(12)4-9(11)14-2/h3-5H,1-2H3. The summed E-state index contributed by atoms with van der Waals surface area (Å²) in [4.78, 5) is 11.8. The lowest BCUT2D eigenvalue weighted by molar-refractivity contribution is 0.409. The van der Waals surface area contributed by atoms with E-state index in [0.717, 1.165) is 0 Å². The van der Waals surface area contributed by atoms with Crippen molar-refractivity contribution in [3.05, 3.63) is 39.2 Å². The van der Waals surface area contributed by atoms with Gasteiger partial charge in [0.05, 0.1) is 18.8 Å². The van der Waals surface area contributed by atoms with Gasteiger partial charge in [0.1, 0.15) is 0 Å². The van der Waals surface area contributed by atoms with Gasteiger partial charge >= 0.3 is 0 Å². The Hall–Kier alpha value is -1.48. The number of benzene rings is 1. The zero-order chi connectivity index (χ0) is 11.0. The number of methoxy groups -OCH3 is 1. The second kappa shape index (κ2) is 3.59. The third-order valence-corrected chi connectivity index (χ3v) is 2.41. The molecule has 0 amide bonds. The number of halogens is 1. The van der Waals surface area contributed by atoms with Gasteiger partial charge in [-0.2, -0.15) is 0 Å². The van der Waals surface area contributed by atoms with E-state index in [1.807, 2.05) is 0 Å². The Morgan fingerprint density at radius 2 is 2.13 bits per heavy atom. The normalized spacial score (nSPS) is 10.6. The molecule has 0 aliphatic rings. The highest BCUT2D eigenvalue weighted by Crippen LogP contribution is 2.28. The van der Waals surface area contributed by atoms with Crippen LogP contribution >= 0.6 is 11.6 Å². The fourth-order valence-electron chi connectivity index (χ4n) is 1.42. The molecule has 0 unspecified atom stereocenters. The Balaban J connectivity index is 2.96. The predicted molar refractivity (Wildman–Crippen MR) is 58.8 cm³/mol. The first-order valence-corrected chi connectivity index (χ1v) is 4.77. The van der Waals surface area contributed by atoms with Crippen LogP contribution in [0.1, 0.15) is 5.56 Å². The van der Waals surface area contributed by atoms with E-state index in [4.69, 9.17) is 20.8 Å². The van der Waals surface area contributed by atoms with Crippen molar-refractivity contribution in [1.29, 1.82) is 0 Å². The van der Waals surface area contributed by atoms with Crippen LogP contribution in [0.5, 0.6) is 5.75 Å². The van der Waals surface area contributed by atoms with Crippen LogP contribution in [0, 0.1) is 6.92 Å². The molecular weight excluding hydrogens is 216 g/mol. The molecule has 0 aliphatic carbocycles. The van der Waals surface area contributed by atoms with Gasteiger partial charge in [0, 0.05) is 16.7 Å². The Kier molecular flexibility index (Phi) is 2.40. The van der Waals surface area contributed by atoms with Gasteiger partial charge < -0.3 is 9.15 Å². The fraction of sp³-hybridized carbons (Fsp3) is 0.182. The SMILES string of the molecule is COc1cc(Cl)cc2c(=O)c(C)coc12. The van der Waals surface area contributed by atoms with Gasteiger partial charge in [0.2, 0.25) is 0 Å². The molecule has 2 aromatic rings. The molecule has 0 aliphatic heterocycles. The second-order valence-electron chi connectivity index (χ2n) is 3.23. The van der Waals surface area contributed by atoms with Crippen molar-refractivity contribution in [2.45, 2.75) is 6.92 Å². The van der Waals surface area contributed by atoms with E-state index >= 15 is 0 Å². The number of hydrogen-bond donors (Lipinski definition) is 0. The van der Waals surface area contributed by atoms with Crippen molar-refractivity contribution >= 4 is 22.6 Å². The first kappa shape index (κ1) is 10.1. The molecule has 4 heteroatoms. The lowest BCUT2D eigenvalue weighted by Crippen LogP contribution is -2.04. The van der Waals surface area contributed by atoms with E-state index in [-0.39, 0.29) is 5.43 Å². The van der Waals surface area contributed by atoms with Crippen LogP contribution < -0.4 is 10.2 Å². The lowest BCUT2D eigenvalue weighted by Gasteiger charge is -2.04. The zero-order valence-corrected chi connectivity index (χ0v) is 9.09. The van der Waals surface area contributed by atoms with Crippen molar-refractivity contribution in [2.75, 3.05) is 7.11 Å². The van der Waals surface area contributed by atoms with Crippen LogP contribution in [0.3, 0.4) is 0 Å². The minimum Gasteiger partial charge on any atom is -0.493 e. The topological polar surface area (TPSA) is 39.4 Å². The average molecular weight is 225 g/mol. The Morgan fingerprint density at radius 3 is 2.80 bits per heavy atom. The molecule has 2 rings (SSSR count).